The molecule has 1 fully saturated rings. The van der Waals surface area contributed by atoms with E-state index in [0.29, 0.717) is 5.92 Å². The number of benzene rings is 1. The highest BCUT2D eigenvalue weighted by atomic mass is 32.2. The minimum atomic E-state index is -0.191. The lowest BCUT2D eigenvalue weighted by Gasteiger charge is -2.27. The van der Waals surface area contributed by atoms with Crippen LogP contribution in [0.25, 0.3) is 0 Å². The molecule has 2 aliphatic carbocycles. The lowest BCUT2D eigenvalue weighted by atomic mass is 9.88. The Morgan fingerprint density at radius 1 is 1.28 bits per heavy atom. The Kier molecular flexibility index (Phi) is 4.54. The van der Waals surface area contributed by atoms with Gasteiger partial charge in [-0.05, 0) is 50.2 Å². The van der Waals surface area contributed by atoms with E-state index < -0.39 is 0 Å². The van der Waals surface area contributed by atoms with Crippen LogP contribution in [0.3, 0.4) is 0 Å². The molecule has 0 unspecified atom stereocenters. The fourth-order valence-corrected chi connectivity index (χ4v) is 4.36. The monoisotopic (exact) mass is 356 g/mol. The van der Waals surface area contributed by atoms with Gasteiger partial charge in [0.25, 0.3) is 0 Å². The van der Waals surface area contributed by atoms with Crippen LogP contribution in [0.2, 0.25) is 0 Å². The summed E-state index contributed by atoms with van der Waals surface area (Å²) >= 11 is 1.49. The third-order valence-electron chi connectivity index (χ3n) is 5.15. The topological polar surface area (TPSA) is 59.8 Å². The number of hydrogen-bond acceptors (Lipinski definition) is 4. The third kappa shape index (κ3) is 3.45. The van der Waals surface area contributed by atoms with Crippen molar-refractivity contribution in [2.45, 2.75) is 61.4 Å². The summed E-state index contributed by atoms with van der Waals surface area (Å²) in [6, 6.07) is 8.57. The highest BCUT2D eigenvalue weighted by Crippen LogP contribution is 2.40. The molecule has 2 aliphatic rings. The number of amides is 1. The summed E-state index contributed by atoms with van der Waals surface area (Å²) in [5, 5.41) is 12.4. The first-order valence-corrected chi connectivity index (χ1v) is 9.95. The van der Waals surface area contributed by atoms with E-state index in [0.717, 1.165) is 30.2 Å². The van der Waals surface area contributed by atoms with E-state index in [1.807, 2.05) is 18.5 Å². The van der Waals surface area contributed by atoms with E-state index in [4.69, 9.17) is 0 Å². The van der Waals surface area contributed by atoms with Crippen LogP contribution in [0, 0.1) is 0 Å². The van der Waals surface area contributed by atoms with Gasteiger partial charge in [0.1, 0.15) is 5.82 Å². The molecule has 5 nitrogen and oxygen atoms in total. The minimum absolute atomic E-state index is 0.0719. The second kappa shape index (κ2) is 6.83. The first-order chi connectivity index (χ1) is 12.1. The molecule has 1 N–H and O–H groups in total. The fourth-order valence-electron chi connectivity index (χ4n) is 3.53. The van der Waals surface area contributed by atoms with Crippen molar-refractivity contribution in [3.63, 3.8) is 0 Å². The molecule has 6 heteroatoms. The molecule has 2 aromatic rings. The second-order valence-corrected chi connectivity index (χ2v) is 8.39. The zero-order valence-corrected chi connectivity index (χ0v) is 15.6. The number of hydrogen-bond donors (Lipinski definition) is 1. The van der Waals surface area contributed by atoms with E-state index in [1.54, 1.807) is 0 Å². The summed E-state index contributed by atoms with van der Waals surface area (Å²) in [5.41, 5.74) is 2.63. The van der Waals surface area contributed by atoms with Gasteiger partial charge in [0.15, 0.2) is 5.16 Å². The lowest BCUT2D eigenvalue weighted by Crippen LogP contribution is -2.36. The van der Waals surface area contributed by atoms with E-state index in [1.165, 1.54) is 35.7 Å². The van der Waals surface area contributed by atoms with Gasteiger partial charge in [0.2, 0.25) is 5.91 Å². The molecule has 25 heavy (non-hydrogen) atoms. The van der Waals surface area contributed by atoms with Crippen LogP contribution in [0.1, 0.15) is 61.5 Å². The van der Waals surface area contributed by atoms with Crippen LogP contribution in [-0.2, 0) is 18.3 Å². The van der Waals surface area contributed by atoms with Crippen LogP contribution in [0.15, 0.2) is 29.4 Å². The molecule has 1 aromatic heterocycles. The predicted octanol–water partition coefficient (Wildman–Crippen LogP) is 3.37. The number of nitrogens with zero attached hydrogens (tertiary/aromatic N) is 3. The molecule has 1 heterocycles. The van der Waals surface area contributed by atoms with E-state index in [9.17, 15) is 4.79 Å². The van der Waals surface area contributed by atoms with Crippen molar-refractivity contribution in [1.29, 1.82) is 0 Å². The van der Waals surface area contributed by atoms with Crippen LogP contribution < -0.4 is 5.32 Å². The summed E-state index contributed by atoms with van der Waals surface area (Å²) in [4.78, 5) is 12.7. The van der Waals surface area contributed by atoms with Gasteiger partial charge in [-0.1, -0.05) is 36.0 Å². The van der Waals surface area contributed by atoms with Crippen molar-refractivity contribution in [3.8, 4) is 0 Å². The summed E-state index contributed by atoms with van der Waals surface area (Å²) in [5.74, 6) is 1.69. The van der Waals surface area contributed by atoms with Gasteiger partial charge in [0, 0.05) is 13.0 Å². The molecule has 0 saturated heterocycles. The molecule has 132 valence electrons. The Morgan fingerprint density at radius 2 is 2.08 bits per heavy atom. The molecular formula is C19H24N4OS. The SMILES string of the molecule is C[C@@H](Sc1nnc(C2CC2)n1C)C(=O)N[C@@H]1CCCc2ccccc21. The lowest BCUT2D eigenvalue weighted by molar-refractivity contribution is -0.121. The van der Waals surface area contributed by atoms with Crippen molar-refractivity contribution >= 4 is 17.7 Å². The highest BCUT2D eigenvalue weighted by molar-refractivity contribution is 8.00. The van der Waals surface area contributed by atoms with Crippen molar-refractivity contribution < 1.29 is 4.79 Å². The summed E-state index contributed by atoms with van der Waals surface area (Å²) in [7, 11) is 2.00. The van der Waals surface area contributed by atoms with Crippen LogP contribution in [0.5, 0.6) is 0 Å². The van der Waals surface area contributed by atoms with Crippen LogP contribution in [0.4, 0.5) is 0 Å². The maximum absolute atomic E-state index is 12.7. The molecule has 0 bridgehead atoms. The van der Waals surface area contributed by atoms with E-state index >= 15 is 0 Å². The van der Waals surface area contributed by atoms with Gasteiger partial charge >= 0.3 is 0 Å². The smallest absolute Gasteiger partial charge is 0.233 e. The van der Waals surface area contributed by atoms with E-state index in [-0.39, 0.29) is 17.2 Å². The van der Waals surface area contributed by atoms with Crippen LogP contribution >= 0.6 is 11.8 Å². The Labute approximate surface area is 152 Å². The zero-order valence-electron chi connectivity index (χ0n) is 14.7. The molecule has 0 aliphatic heterocycles. The largest absolute Gasteiger partial charge is 0.348 e. The van der Waals surface area contributed by atoms with Crippen LogP contribution in [-0.4, -0.2) is 25.9 Å². The summed E-state index contributed by atoms with van der Waals surface area (Å²) in [6.07, 6.45) is 5.64. The molecule has 0 spiro atoms. The molecule has 1 amide bonds. The number of rotatable bonds is 5. The van der Waals surface area contributed by atoms with Gasteiger partial charge < -0.3 is 9.88 Å². The normalized spacial score (nSPS) is 20.8. The maximum atomic E-state index is 12.7. The predicted molar refractivity (Wildman–Crippen MR) is 98.6 cm³/mol. The Morgan fingerprint density at radius 3 is 2.88 bits per heavy atom. The Bertz CT molecular complexity index is 783. The van der Waals surface area contributed by atoms with Gasteiger partial charge in [0.05, 0.1) is 11.3 Å². The van der Waals surface area contributed by atoms with Crippen molar-refractivity contribution in [2.24, 2.45) is 7.05 Å². The second-order valence-electron chi connectivity index (χ2n) is 7.09. The maximum Gasteiger partial charge on any atom is 0.233 e. The van der Waals surface area contributed by atoms with Crippen molar-refractivity contribution in [1.82, 2.24) is 20.1 Å². The first-order valence-electron chi connectivity index (χ1n) is 9.07. The quantitative estimate of drug-likeness (QED) is 0.835. The number of thioether (sulfide) groups is 1. The van der Waals surface area contributed by atoms with Crippen molar-refractivity contribution in [2.75, 3.05) is 0 Å². The molecule has 2 atom stereocenters. The summed E-state index contributed by atoms with van der Waals surface area (Å²) < 4.78 is 2.04. The number of carbonyl (C=O) groups excluding carboxylic acids is 1. The summed E-state index contributed by atoms with van der Waals surface area (Å²) in [6.45, 7) is 1.94. The van der Waals surface area contributed by atoms with Crippen molar-refractivity contribution in [3.05, 3.63) is 41.2 Å². The average Bonchev–Trinajstić information content (AvgIpc) is 3.40. The molecule has 4 rings (SSSR count). The van der Waals surface area contributed by atoms with Gasteiger partial charge in [-0.2, -0.15) is 0 Å². The third-order valence-corrected chi connectivity index (χ3v) is 6.28. The fraction of sp³-hybridized carbons (Fsp3) is 0.526. The van der Waals surface area contributed by atoms with Gasteiger partial charge in [-0.15, -0.1) is 10.2 Å². The van der Waals surface area contributed by atoms with Gasteiger partial charge in [-0.25, -0.2) is 0 Å². The zero-order chi connectivity index (χ0) is 17.4. The highest BCUT2D eigenvalue weighted by Gasteiger charge is 2.30. The molecule has 0 radical (unpaired) electrons. The first kappa shape index (κ1) is 16.6. The average molecular weight is 356 g/mol. The number of aromatic nitrogens is 3. The number of fused-ring (bicyclic) bond motifs is 1. The Balaban J connectivity index is 1.41. The van der Waals surface area contributed by atoms with E-state index in [2.05, 4.69) is 39.8 Å². The standard InChI is InChI=1S/C19H24N4OS/c1-12(25-19-22-21-17(23(19)2)14-10-11-14)18(24)20-16-9-5-7-13-6-3-4-8-15(13)16/h3-4,6,8,12,14,16H,5,7,9-11H2,1-2H3,(H,20,24)/t12-,16-/m1/s1. The van der Waals surface area contributed by atoms with Gasteiger partial charge in [-0.3, -0.25) is 4.79 Å². The number of aryl methyl sites for hydroxylation is 1. The molecule has 1 saturated carbocycles. The minimum Gasteiger partial charge on any atom is -0.348 e. The number of carbonyl (C=O) groups is 1. The molecule has 1 aromatic carbocycles. The molecular weight excluding hydrogens is 332 g/mol. The Hall–Kier alpha value is -1.82. The number of nitrogens with one attached hydrogen (secondary N) is 1.